The average Bonchev–Trinajstić information content (AvgIpc) is 3.00. The van der Waals surface area contributed by atoms with Crippen LogP contribution in [-0.4, -0.2) is 20.2 Å². The van der Waals surface area contributed by atoms with E-state index in [0.29, 0.717) is 11.7 Å². The van der Waals surface area contributed by atoms with E-state index < -0.39 is 0 Å². The largest absolute Gasteiger partial charge is 0.328 e. The van der Waals surface area contributed by atoms with E-state index in [1.807, 2.05) is 0 Å². The summed E-state index contributed by atoms with van der Waals surface area (Å²) >= 11 is 0. The SMILES string of the molecule is O=c1ccc(-c2n[nH]c(C3CCCC3)n2)c[nH]1. The summed E-state index contributed by atoms with van der Waals surface area (Å²) in [6.07, 6.45) is 6.59. The summed E-state index contributed by atoms with van der Waals surface area (Å²) in [6.45, 7) is 0. The quantitative estimate of drug-likeness (QED) is 0.826. The van der Waals surface area contributed by atoms with Gasteiger partial charge in [-0.2, -0.15) is 5.10 Å². The van der Waals surface area contributed by atoms with Gasteiger partial charge in [-0.15, -0.1) is 0 Å². The van der Waals surface area contributed by atoms with Gasteiger partial charge in [-0.3, -0.25) is 9.89 Å². The van der Waals surface area contributed by atoms with Crippen LogP contribution in [0.4, 0.5) is 0 Å². The van der Waals surface area contributed by atoms with Crippen LogP contribution in [0.1, 0.15) is 37.4 Å². The maximum absolute atomic E-state index is 11.0. The Morgan fingerprint density at radius 3 is 2.76 bits per heavy atom. The van der Waals surface area contributed by atoms with Crippen molar-refractivity contribution in [2.75, 3.05) is 0 Å². The second kappa shape index (κ2) is 4.16. The van der Waals surface area contributed by atoms with Gasteiger partial charge in [-0.05, 0) is 18.9 Å². The number of aromatic nitrogens is 4. The van der Waals surface area contributed by atoms with Gasteiger partial charge in [0.05, 0.1) is 0 Å². The molecule has 5 heteroatoms. The van der Waals surface area contributed by atoms with Crippen LogP contribution in [0.2, 0.25) is 0 Å². The fraction of sp³-hybridized carbons (Fsp3) is 0.417. The van der Waals surface area contributed by atoms with Crippen molar-refractivity contribution in [3.8, 4) is 11.4 Å². The molecule has 1 fully saturated rings. The number of H-pyrrole nitrogens is 2. The van der Waals surface area contributed by atoms with Crippen molar-refractivity contribution in [3.63, 3.8) is 0 Å². The van der Waals surface area contributed by atoms with Crippen LogP contribution < -0.4 is 5.56 Å². The molecule has 0 bridgehead atoms. The molecule has 0 aliphatic heterocycles. The Balaban J connectivity index is 1.89. The molecule has 0 saturated heterocycles. The van der Waals surface area contributed by atoms with Crippen molar-refractivity contribution in [2.24, 2.45) is 0 Å². The number of pyridine rings is 1. The average molecular weight is 230 g/mol. The third-order valence-corrected chi connectivity index (χ3v) is 3.29. The van der Waals surface area contributed by atoms with E-state index in [1.54, 1.807) is 12.3 Å². The summed E-state index contributed by atoms with van der Waals surface area (Å²) in [5, 5.41) is 7.21. The highest BCUT2D eigenvalue weighted by Gasteiger charge is 2.20. The maximum atomic E-state index is 11.0. The van der Waals surface area contributed by atoms with Gasteiger partial charge in [0, 0.05) is 23.7 Å². The fourth-order valence-corrected chi connectivity index (χ4v) is 2.33. The van der Waals surface area contributed by atoms with Gasteiger partial charge in [0.2, 0.25) is 5.56 Å². The number of nitrogens with zero attached hydrogens (tertiary/aromatic N) is 2. The lowest BCUT2D eigenvalue weighted by Crippen LogP contribution is -2.01. The molecular weight excluding hydrogens is 216 g/mol. The molecule has 17 heavy (non-hydrogen) atoms. The minimum atomic E-state index is -0.111. The Morgan fingerprint density at radius 1 is 1.24 bits per heavy atom. The number of aromatic amines is 2. The third kappa shape index (κ3) is 2.00. The summed E-state index contributed by atoms with van der Waals surface area (Å²) < 4.78 is 0. The van der Waals surface area contributed by atoms with Crippen LogP contribution in [0.15, 0.2) is 23.1 Å². The van der Waals surface area contributed by atoms with Crippen molar-refractivity contribution in [1.29, 1.82) is 0 Å². The maximum Gasteiger partial charge on any atom is 0.247 e. The second-order valence-corrected chi connectivity index (χ2v) is 4.47. The zero-order valence-corrected chi connectivity index (χ0v) is 9.44. The summed E-state index contributed by atoms with van der Waals surface area (Å²) in [5.74, 6) is 2.16. The molecule has 2 heterocycles. The Hall–Kier alpha value is -1.91. The van der Waals surface area contributed by atoms with Crippen LogP contribution in [0.25, 0.3) is 11.4 Å². The first-order valence-corrected chi connectivity index (χ1v) is 5.94. The molecule has 2 aromatic rings. The molecule has 2 aromatic heterocycles. The van der Waals surface area contributed by atoms with Gasteiger partial charge >= 0.3 is 0 Å². The lowest BCUT2D eigenvalue weighted by atomic mass is 10.1. The van der Waals surface area contributed by atoms with Crippen molar-refractivity contribution in [1.82, 2.24) is 20.2 Å². The number of nitrogens with one attached hydrogen (secondary N) is 2. The van der Waals surface area contributed by atoms with Crippen LogP contribution >= 0.6 is 0 Å². The van der Waals surface area contributed by atoms with Gasteiger partial charge in [0.1, 0.15) is 5.82 Å². The number of hydrogen-bond donors (Lipinski definition) is 2. The molecule has 0 radical (unpaired) electrons. The predicted octanol–water partition coefficient (Wildman–Crippen LogP) is 1.82. The lowest BCUT2D eigenvalue weighted by Gasteiger charge is -2.01. The van der Waals surface area contributed by atoms with Crippen molar-refractivity contribution >= 4 is 0 Å². The van der Waals surface area contributed by atoms with Crippen molar-refractivity contribution in [3.05, 3.63) is 34.5 Å². The first kappa shape index (κ1) is 10.3. The minimum Gasteiger partial charge on any atom is -0.328 e. The molecule has 0 amide bonds. The summed E-state index contributed by atoms with van der Waals surface area (Å²) in [6, 6.07) is 3.22. The van der Waals surface area contributed by atoms with Gasteiger partial charge in [0.15, 0.2) is 5.82 Å². The fourth-order valence-electron chi connectivity index (χ4n) is 2.33. The molecule has 0 unspecified atom stereocenters. The Labute approximate surface area is 98.3 Å². The molecule has 0 spiro atoms. The molecule has 5 nitrogen and oxygen atoms in total. The van der Waals surface area contributed by atoms with Crippen LogP contribution in [-0.2, 0) is 0 Å². The van der Waals surface area contributed by atoms with Gasteiger partial charge in [-0.1, -0.05) is 12.8 Å². The topological polar surface area (TPSA) is 74.4 Å². The lowest BCUT2D eigenvalue weighted by molar-refractivity contribution is 0.672. The summed E-state index contributed by atoms with van der Waals surface area (Å²) in [4.78, 5) is 18.1. The molecule has 0 atom stereocenters. The number of hydrogen-bond acceptors (Lipinski definition) is 3. The van der Waals surface area contributed by atoms with E-state index in [2.05, 4.69) is 20.2 Å². The highest BCUT2D eigenvalue weighted by Crippen LogP contribution is 2.32. The van der Waals surface area contributed by atoms with Crippen molar-refractivity contribution < 1.29 is 0 Å². The second-order valence-electron chi connectivity index (χ2n) is 4.47. The zero-order valence-electron chi connectivity index (χ0n) is 9.44. The van der Waals surface area contributed by atoms with E-state index in [-0.39, 0.29) is 5.56 Å². The Kier molecular flexibility index (Phi) is 2.51. The molecule has 0 aromatic carbocycles. The van der Waals surface area contributed by atoms with Gasteiger partial charge < -0.3 is 4.98 Å². The molecule has 1 aliphatic rings. The molecule has 1 saturated carbocycles. The highest BCUT2D eigenvalue weighted by molar-refractivity contribution is 5.52. The van der Waals surface area contributed by atoms with Crippen molar-refractivity contribution in [2.45, 2.75) is 31.6 Å². The Morgan fingerprint density at radius 2 is 2.06 bits per heavy atom. The first-order chi connectivity index (χ1) is 8.33. The molecule has 1 aliphatic carbocycles. The molecule has 2 N–H and O–H groups in total. The molecular formula is C12H14N4O. The third-order valence-electron chi connectivity index (χ3n) is 3.29. The first-order valence-electron chi connectivity index (χ1n) is 5.94. The standard InChI is InChI=1S/C12H14N4O/c17-10-6-5-9(7-13-10)12-14-11(15-16-12)8-3-1-2-4-8/h5-8H,1-4H2,(H,13,17)(H,14,15,16). The van der Waals surface area contributed by atoms with Crippen LogP contribution in [0, 0.1) is 0 Å². The van der Waals surface area contributed by atoms with E-state index in [1.165, 1.54) is 31.7 Å². The Bertz CT molecular complexity index is 545. The number of rotatable bonds is 2. The van der Waals surface area contributed by atoms with E-state index >= 15 is 0 Å². The van der Waals surface area contributed by atoms with Gasteiger partial charge in [-0.25, -0.2) is 4.98 Å². The van der Waals surface area contributed by atoms with E-state index in [4.69, 9.17) is 0 Å². The van der Waals surface area contributed by atoms with E-state index in [0.717, 1.165) is 11.4 Å². The predicted molar refractivity (Wildman–Crippen MR) is 63.6 cm³/mol. The minimum absolute atomic E-state index is 0.111. The van der Waals surface area contributed by atoms with E-state index in [9.17, 15) is 4.79 Å². The van der Waals surface area contributed by atoms with Crippen LogP contribution in [0.3, 0.4) is 0 Å². The normalized spacial score (nSPS) is 16.5. The monoisotopic (exact) mass is 230 g/mol. The highest BCUT2D eigenvalue weighted by atomic mass is 16.1. The molecule has 88 valence electrons. The zero-order chi connectivity index (χ0) is 11.7. The smallest absolute Gasteiger partial charge is 0.247 e. The summed E-state index contributed by atoms with van der Waals surface area (Å²) in [5.41, 5.74) is 0.727. The van der Waals surface area contributed by atoms with Crippen LogP contribution in [0.5, 0.6) is 0 Å². The summed E-state index contributed by atoms with van der Waals surface area (Å²) in [7, 11) is 0. The molecule has 3 rings (SSSR count). The van der Waals surface area contributed by atoms with Gasteiger partial charge in [0.25, 0.3) is 0 Å².